The van der Waals surface area contributed by atoms with Gasteiger partial charge in [0.15, 0.2) is 17.3 Å². The third kappa shape index (κ3) is 2.68. The van der Waals surface area contributed by atoms with Crippen LogP contribution in [0.4, 0.5) is 22.1 Å². The molecule has 0 spiro atoms. The largest absolute Gasteiger partial charge is 0.444 e. The van der Waals surface area contributed by atoms with Crippen LogP contribution in [0.25, 0.3) is 0 Å². The zero-order valence-corrected chi connectivity index (χ0v) is 9.76. The van der Waals surface area contributed by atoms with Crippen molar-refractivity contribution in [3.05, 3.63) is 6.33 Å². The highest BCUT2D eigenvalue weighted by molar-refractivity contribution is 5.93. The van der Waals surface area contributed by atoms with E-state index in [1.807, 2.05) is 0 Å². The van der Waals surface area contributed by atoms with Crippen LogP contribution in [0.3, 0.4) is 0 Å². The number of fused-ring (bicyclic) bond motifs is 1. The van der Waals surface area contributed by atoms with E-state index in [0.29, 0.717) is 17.3 Å². The van der Waals surface area contributed by atoms with Gasteiger partial charge in [-0.3, -0.25) is 5.32 Å². The molecule has 7 heteroatoms. The molecule has 2 heterocycles. The van der Waals surface area contributed by atoms with Gasteiger partial charge in [0.25, 0.3) is 0 Å². The summed E-state index contributed by atoms with van der Waals surface area (Å²) >= 11 is 0. The standard InChI is InChI=1S/C10H12N5O2/c1-10(2,3)17-9(16)15-8-6-7(12-4-11-6)13-5-14-8/h4-5H,1-3H3,(H,13,14,15,16). The number of aliphatic imine (C=N–C) groups is 1. The Labute approximate surface area is 98.3 Å². The molecule has 1 aliphatic heterocycles. The van der Waals surface area contributed by atoms with Crippen molar-refractivity contribution in [1.29, 1.82) is 0 Å². The highest BCUT2D eigenvalue weighted by Gasteiger charge is 2.20. The Kier molecular flexibility index (Phi) is 2.66. The van der Waals surface area contributed by atoms with Crippen LogP contribution in [0.1, 0.15) is 20.8 Å². The number of rotatable bonds is 1. The normalized spacial score (nSPS) is 12.9. The van der Waals surface area contributed by atoms with Crippen LogP contribution in [0.15, 0.2) is 11.3 Å². The quantitative estimate of drug-likeness (QED) is 0.801. The molecular weight excluding hydrogens is 222 g/mol. The second-order valence-electron chi connectivity index (χ2n) is 4.40. The van der Waals surface area contributed by atoms with Gasteiger partial charge in [-0.1, -0.05) is 0 Å². The minimum Gasteiger partial charge on any atom is -0.444 e. The first-order valence-electron chi connectivity index (χ1n) is 5.04. The first kappa shape index (κ1) is 11.3. The van der Waals surface area contributed by atoms with Crippen LogP contribution in [-0.4, -0.2) is 28.0 Å². The number of carbonyl (C=O) groups is 1. The Morgan fingerprint density at radius 3 is 2.82 bits per heavy atom. The Hall–Kier alpha value is -2.18. The van der Waals surface area contributed by atoms with Gasteiger partial charge < -0.3 is 4.74 Å². The van der Waals surface area contributed by atoms with Crippen LogP contribution in [0.2, 0.25) is 0 Å². The summed E-state index contributed by atoms with van der Waals surface area (Å²) in [6, 6.07) is 0. The lowest BCUT2D eigenvalue weighted by molar-refractivity contribution is 0.0635. The second-order valence-corrected chi connectivity index (χ2v) is 4.40. The maximum atomic E-state index is 11.6. The molecule has 1 aliphatic rings. The van der Waals surface area contributed by atoms with E-state index in [-0.39, 0.29) is 0 Å². The van der Waals surface area contributed by atoms with Crippen LogP contribution in [0, 0.1) is 0 Å². The number of hydrogen-bond acceptors (Lipinski definition) is 5. The van der Waals surface area contributed by atoms with Crippen LogP contribution in [-0.2, 0) is 4.74 Å². The van der Waals surface area contributed by atoms with Crippen molar-refractivity contribution in [3.63, 3.8) is 0 Å². The van der Waals surface area contributed by atoms with E-state index in [0.717, 1.165) is 0 Å². The number of ether oxygens (including phenoxy) is 1. The third-order valence-electron chi connectivity index (χ3n) is 1.79. The average molecular weight is 234 g/mol. The summed E-state index contributed by atoms with van der Waals surface area (Å²) in [5.74, 6) is 0.729. The van der Waals surface area contributed by atoms with E-state index in [1.165, 1.54) is 12.7 Å². The molecule has 1 aromatic rings. The molecule has 1 amide bonds. The number of aromatic nitrogens is 2. The number of nitrogens with zero attached hydrogens (tertiary/aromatic N) is 4. The van der Waals surface area contributed by atoms with E-state index in [1.54, 1.807) is 20.8 Å². The van der Waals surface area contributed by atoms with Crippen LogP contribution >= 0.6 is 0 Å². The molecule has 0 aromatic carbocycles. The smallest absolute Gasteiger partial charge is 0.413 e. The number of amides is 1. The van der Waals surface area contributed by atoms with Crippen molar-refractivity contribution >= 4 is 29.8 Å². The van der Waals surface area contributed by atoms with Crippen molar-refractivity contribution in [2.75, 3.05) is 5.32 Å². The molecule has 17 heavy (non-hydrogen) atoms. The van der Waals surface area contributed by atoms with Gasteiger partial charge in [-0.05, 0) is 20.8 Å². The topological polar surface area (TPSA) is 90.6 Å². The molecule has 1 aromatic heterocycles. The molecule has 0 saturated carbocycles. The predicted octanol–water partition coefficient (Wildman–Crippen LogP) is 1.73. The molecule has 0 unspecified atom stereocenters. The molecule has 7 nitrogen and oxygen atoms in total. The number of anilines is 1. The fourth-order valence-electron chi connectivity index (χ4n) is 1.22. The molecule has 1 N–H and O–H groups in total. The van der Waals surface area contributed by atoms with Gasteiger partial charge >= 0.3 is 6.09 Å². The monoisotopic (exact) mass is 234 g/mol. The average Bonchev–Trinajstić information content (AvgIpc) is 2.63. The van der Waals surface area contributed by atoms with Crippen molar-refractivity contribution < 1.29 is 9.53 Å². The minimum atomic E-state index is -0.583. The maximum Gasteiger partial charge on any atom is 0.413 e. The minimum absolute atomic E-state index is 0.293. The summed E-state index contributed by atoms with van der Waals surface area (Å²) in [5.41, 5.74) is -0.119. The Morgan fingerprint density at radius 2 is 2.12 bits per heavy atom. The van der Waals surface area contributed by atoms with Crippen molar-refractivity contribution in [2.45, 2.75) is 26.4 Å². The summed E-state index contributed by atoms with van der Waals surface area (Å²) in [4.78, 5) is 23.3. The van der Waals surface area contributed by atoms with Gasteiger partial charge in [-0.15, -0.1) is 0 Å². The third-order valence-corrected chi connectivity index (χ3v) is 1.79. The molecular formula is C10H12N5O2. The lowest BCUT2D eigenvalue weighted by atomic mass is 10.2. The van der Waals surface area contributed by atoms with Gasteiger partial charge in [-0.2, -0.15) is 0 Å². The van der Waals surface area contributed by atoms with E-state index in [4.69, 9.17) is 4.74 Å². The van der Waals surface area contributed by atoms with Crippen molar-refractivity contribution in [3.8, 4) is 0 Å². The lowest BCUT2D eigenvalue weighted by Gasteiger charge is -2.19. The maximum absolute atomic E-state index is 11.6. The van der Waals surface area contributed by atoms with Gasteiger partial charge in [-0.25, -0.2) is 25.1 Å². The van der Waals surface area contributed by atoms with E-state index in [2.05, 4.69) is 25.6 Å². The first-order chi connectivity index (χ1) is 7.96. The SMILES string of the molecule is CC(C)(C)OC(=O)Nc1ncnc2c1N=C[N]2. The Bertz CT molecular complexity index is 478. The second kappa shape index (κ2) is 4.00. The van der Waals surface area contributed by atoms with Gasteiger partial charge in [0.2, 0.25) is 0 Å². The molecule has 1 radical (unpaired) electrons. The highest BCUT2D eigenvalue weighted by Crippen LogP contribution is 2.32. The summed E-state index contributed by atoms with van der Waals surface area (Å²) in [6.07, 6.45) is 2.09. The number of nitrogens with one attached hydrogen (secondary N) is 1. The van der Waals surface area contributed by atoms with Gasteiger partial charge in [0, 0.05) is 0 Å². The first-order valence-corrected chi connectivity index (χ1v) is 5.04. The highest BCUT2D eigenvalue weighted by atomic mass is 16.6. The molecule has 0 atom stereocenters. The zero-order valence-electron chi connectivity index (χ0n) is 9.76. The number of carbonyl (C=O) groups excluding carboxylic acids is 1. The molecule has 0 fully saturated rings. The lowest BCUT2D eigenvalue weighted by Crippen LogP contribution is -2.27. The summed E-state index contributed by atoms with van der Waals surface area (Å²) in [6.45, 7) is 5.35. The van der Waals surface area contributed by atoms with Crippen LogP contribution < -0.4 is 10.6 Å². The molecule has 0 bridgehead atoms. The van der Waals surface area contributed by atoms with Gasteiger partial charge in [0.1, 0.15) is 18.3 Å². The van der Waals surface area contributed by atoms with Crippen molar-refractivity contribution in [1.82, 2.24) is 15.3 Å². The molecule has 0 saturated heterocycles. The molecule has 2 rings (SSSR count). The summed E-state index contributed by atoms with van der Waals surface area (Å²) in [5, 5.41) is 6.42. The van der Waals surface area contributed by atoms with E-state index < -0.39 is 11.7 Å². The fourth-order valence-corrected chi connectivity index (χ4v) is 1.22. The summed E-state index contributed by atoms with van der Waals surface area (Å²) in [7, 11) is 0. The molecule has 0 aliphatic carbocycles. The Balaban J connectivity index is 2.12. The van der Waals surface area contributed by atoms with E-state index in [9.17, 15) is 4.79 Å². The van der Waals surface area contributed by atoms with Crippen LogP contribution in [0.5, 0.6) is 0 Å². The van der Waals surface area contributed by atoms with Gasteiger partial charge in [0.05, 0.1) is 0 Å². The predicted molar refractivity (Wildman–Crippen MR) is 61.8 cm³/mol. The molecule has 89 valence electrons. The van der Waals surface area contributed by atoms with Crippen molar-refractivity contribution in [2.24, 2.45) is 4.99 Å². The fraction of sp³-hybridized carbons (Fsp3) is 0.400. The zero-order chi connectivity index (χ0) is 12.5. The summed E-state index contributed by atoms with van der Waals surface area (Å²) < 4.78 is 5.11. The Morgan fingerprint density at radius 1 is 1.35 bits per heavy atom. The van der Waals surface area contributed by atoms with E-state index >= 15 is 0 Å². The number of hydrogen-bond donors (Lipinski definition) is 1.